The number of nitrogens with zero attached hydrogens (tertiary/aromatic N) is 4. The summed E-state index contributed by atoms with van der Waals surface area (Å²) in [5.74, 6) is -0.755. The predicted octanol–water partition coefficient (Wildman–Crippen LogP) is 6.38. The van der Waals surface area contributed by atoms with E-state index < -0.39 is 11.6 Å². The predicted molar refractivity (Wildman–Crippen MR) is 183 cm³/mol. The van der Waals surface area contributed by atoms with Crippen molar-refractivity contribution in [3.05, 3.63) is 64.4 Å². The molecule has 2 N–H and O–H groups in total. The molecule has 0 amide bonds. The minimum absolute atomic E-state index is 0.0224. The van der Waals surface area contributed by atoms with Crippen LogP contribution in [0.4, 0.5) is 14.6 Å². The summed E-state index contributed by atoms with van der Waals surface area (Å²) in [4.78, 5) is 14.8. The summed E-state index contributed by atoms with van der Waals surface area (Å²) in [5.41, 5.74) is 2.21. The van der Waals surface area contributed by atoms with E-state index in [1.165, 1.54) is 23.9 Å². The first-order valence-corrected chi connectivity index (χ1v) is 17.8. The molecule has 11 heteroatoms. The topological polar surface area (TPSA) is 83.0 Å². The van der Waals surface area contributed by atoms with Crippen molar-refractivity contribution in [1.29, 1.82) is 0 Å². The first-order valence-electron chi connectivity index (χ1n) is 16.8. The lowest BCUT2D eigenvalue weighted by molar-refractivity contribution is -0.0686. The maximum absolute atomic E-state index is 16.7. The summed E-state index contributed by atoms with van der Waals surface area (Å²) in [7, 11) is 0. The number of piperazine rings is 1. The highest BCUT2D eigenvalue weighted by Gasteiger charge is 2.34. The number of ether oxygens (including phenoxy) is 2. The van der Waals surface area contributed by atoms with Crippen LogP contribution >= 0.6 is 11.8 Å². The summed E-state index contributed by atoms with van der Waals surface area (Å²) in [6.07, 6.45) is 7.17. The van der Waals surface area contributed by atoms with Gasteiger partial charge in [-0.3, -0.25) is 4.90 Å². The van der Waals surface area contributed by atoms with Crippen LogP contribution in [0.25, 0.3) is 22.6 Å². The molecule has 2 aromatic carbocycles. The van der Waals surface area contributed by atoms with Crippen LogP contribution in [0.1, 0.15) is 56.7 Å². The zero-order valence-electron chi connectivity index (χ0n) is 27.3. The minimum atomic E-state index is -0.771. The van der Waals surface area contributed by atoms with E-state index in [-0.39, 0.29) is 40.8 Å². The van der Waals surface area contributed by atoms with E-state index in [4.69, 9.17) is 14.5 Å². The molecule has 8 nitrogen and oxygen atoms in total. The van der Waals surface area contributed by atoms with E-state index in [2.05, 4.69) is 40.9 Å². The average Bonchev–Trinajstić information content (AvgIpc) is 3.37. The molecule has 1 aromatic heterocycles. The molecule has 4 atom stereocenters. The second-order valence-corrected chi connectivity index (χ2v) is 14.2. The Morgan fingerprint density at radius 3 is 2.57 bits per heavy atom. The Hall–Kier alpha value is -3.25. The normalized spacial score (nSPS) is 25.9. The number of hydrogen-bond acceptors (Lipinski definition) is 9. The summed E-state index contributed by atoms with van der Waals surface area (Å²) in [6, 6.07) is 8.00. The van der Waals surface area contributed by atoms with E-state index in [1.54, 1.807) is 6.08 Å². The summed E-state index contributed by atoms with van der Waals surface area (Å²) < 4.78 is 44.8. The monoisotopic (exact) mass is 663 g/mol. The summed E-state index contributed by atoms with van der Waals surface area (Å²) in [6.45, 7) is 10.6. The zero-order chi connectivity index (χ0) is 32.7. The van der Waals surface area contributed by atoms with Gasteiger partial charge in [0, 0.05) is 60.8 Å². The van der Waals surface area contributed by atoms with E-state index in [0.29, 0.717) is 48.6 Å². The fourth-order valence-corrected chi connectivity index (χ4v) is 8.76. The number of fused-ring (bicyclic) bond motifs is 4. The Bertz CT molecular complexity index is 1700. The van der Waals surface area contributed by atoms with Crippen molar-refractivity contribution in [3.8, 4) is 6.01 Å². The molecule has 0 spiro atoms. The Balaban J connectivity index is 1.22. The Morgan fingerprint density at radius 1 is 1.06 bits per heavy atom. The number of thioether (sulfide) groups is 1. The lowest BCUT2D eigenvalue weighted by atomic mass is 10.0. The molecule has 3 aromatic rings. The molecule has 3 fully saturated rings. The lowest BCUT2D eigenvalue weighted by Crippen LogP contribution is -2.51. The minimum Gasteiger partial charge on any atom is -0.508 e. The Kier molecular flexibility index (Phi) is 9.42. The van der Waals surface area contributed by atoms with Crippen LogP contribution in [0, 0.1) is 11.6 Å². The SMILES string of the molecule is CCc1cccc2c1SC/C(c1c(F)cc3c(N4CC5CCC(C4)N5)nc(OCCCN4C[C@@H](C)O[C@@H](C)C4)nc3c1F)=C\C(O)=C2. The van der Waals surface area contributed by atoms with Gasteiger partial charge in [0.15, 0.2) is 5.82 Å². The average molecular weight is 664 g/mol. The fourth-order valence-electron chi connectivity index (χ4n) is 7.54. The molecule has 0 saturated carbocycles. The third-order valence-corrected chi connectivity index (χ3v) is 10.8. The number of morpholine rings is 1. The van der Waals surface area contributed by atoms with Gasteiger partial charge in [0.05, 0.1) is 24.4 Å². The van der Waals surface area contributed by atoms with Crippen LogP contribution in [0.2, 0.25) is 0 Å². The second-order valence-electron chi connectivity index (χ2n) is 13.3. The molecule has 2 bridgehead atoms. The molecule has 3 saturated heterocycles. The lowest BCUT2D eigenvalue weighted by Gasteiger charge is -2.35. The van der Waals surface area contributed by atoms with Gasteiger partial charge in [-0.25, -0.2) is 8.78 Å². The number of nitrogens with one attached hydrogen (secondary N) is 1. The third-order valence-electron chi connectivity index (χ3n) is 9.53. The number of allylic oxidation sites excluding steroid dienone is 1. The van der Waals surface area contributed by atoms with Gasteiger partial charge in [-0.2, -0.15) is 9.97 Å². The third kappa shape index (κ3) is 6.86. The van der Waals surface area contributed by atoms with Crippen LogP contribution in [0.3, 0.4) is 0 Å². The molecular weight excluding hydrogens is 620 g/mol. The van der Waals surface area contributed by atoms with Crippen LogP contribution in [0.15, 0.2) is 41.0 Å². The second kappa shape index (κ2) is 13.7. The van der Waals surface area contributed by atoms with Crippen LogP contribution in [-0.4, -0.2) is 89.3 Å². The number of aromatic nitrogens is 2. The first-order chi connectivity index (χ1) is 22.7. The van der Waals surface area contributed by atoms with Gasteiger partial charge in [0.25, 0.3) is 0 Å². The van der Waals surface area contributed by atoms with Gasteiger partial charge >= 0.3 is 6.01 Å². The maximum atomic E-state index is 16.7. The molecule has 4 aliphatic rings. The number of halogens is 2. The smallest absolute Gasteiger partial charge is 0.319 e. The summed E-state index contributed by atoms with van der Waals surface area (Å²) >= 11 is 1.52. The van der Waals surface area contributed by atoms with Crippen molar-refractivity contribution in [2.45, 2.75) is 75.6 Å². The number of hydrogen-bond donors (Lipinski definition) is 2. The van der Waals surface area contributed by atoms with Gasteiger partial charge in [0.1, 0.15) is 22.9 Å². The van der Waals surface area contributed by atoms with Crippen molar-refractivity contribution in [3.63, 3.8) is 0 Å². The van der Waals surface area contributed by atoms with Crippen molar-refractivity contribution < 1.29 is 23.4 Å². The largest absolute Gasteiger partial charge is 0.508 e. The van der Waals surface area contributed by atoms with Crippen LogP contribution in [-0.2, 0) is 11.2 Å². The highest BCUT2D eigenvalue weighted by atomic mass is 32.2. The number of aliphatic hydroxyl groups is 1. The molecule has 5 heterocycles. The zero-order valence-corrected chi connectivity index (χ0v) is 28.1. The Morgan fingerprint density at radius 2 is 1.83 bits per heavy atom. The van der Waals surface area contributed by atoms with E-state index in [9.17, 15) is 5.11 Å². The molecule has 250 valence electrons. The Labute approximate surface area is 279 Å². The quantitative estimate of drug-likeness (QED) is 0.267. The van der Waals surface area contributed by atoms with Gasteiger partial charge in [0.2, 0.25) is 0 Å². The van der Waals surface area contributed by atoms with Gasteiger partial charge < -0.3 is 24.8 Å². The highest BCUT2D eigenvalue weighted by molar-refractivity contribution is 7.99. The highest BCUT2D eigenvalue weighted by Crippen LogP contribution is 2.40. The summed E-state index contributed by atoms with van der Waals surface area (Å²) in [5, 5.41) is 14.8. The van der Waals surface area contributed by atoms with Crippen LogP contribution in [0.5, 0.6) is 6.01 Å². The van der Waals surface area contributed by atoms with Crippen molar-refractivity contribution >= 4 is 40.1 Å². The number of anilines is 1. The number of aryl methyl sites for hydroxylation is 1. The molecule has 0 radical (unpaired) electrons. The van der Waals surface area contributed by atoms with Gasteiger partial charge in [-0.15, -0.1) is 11.8 Å². The fraction of sp³-hybridized carbons (Fsp3) is 0.500. The molecule has 0 aliphatic carbocycles. The standard InChI is InChI=1S/C36H43F2N5O3S/c1-4-23-7-5-8-24-13-28(44)14-25(20-47-34(23)24)31-30(37)15-29-33(32(31)38)40-36(41-35(29)43-18-26-9-10-27(19-43)39-26)45-12-6-11-42-16-21(2)46-22(3)17-42/h5,7-8,13-15,21-22,26-27,39,44H,4,6,9-12,16-20H2,1-3H3/b25-14+,28-13?/t21-,22+,26?,27?. The molecule has 4 aliphatic heterocycles. The molecule has 2 unspecified atom stereocenters. The number of rotatable bonds is 8. The maximum Gasteiger partial charge on any atom is 0.319 e. The molecule has 47 heavy (non-hydrogen) atoms. The van der Waals surface area contributed by atoms with Crippen molar-refractivity contribution in [1.82, 2.24) is 20.2 Å². The van der Waals surface area contributed by atoms with Crippen molar-refractivity contribution in [2.75, 3.05) is 50.0 Å². The first kappa shape index (κ1) is 32.3. The van der Waals surface area contributed by atoms with Crippen LogP contribution < -0.4 is 15.0 Å². The van der Waals surface area contributed by atoms with E-state index >= 15 is 8.78 Å². The number of benzene rings is 2. The van der Waals surface area contributed by atoms with Crippen molar-refractivity contribution in [2.24, 2.45) is 0 Å². The number of aliphatic hydroxyl groups excluding tert-OH is 1. The van der Waals surface area contributed by atoms with E-state index in [1.807, 2.05) is 18.2 Å². The van der Waals surface area contributed by atoms with E-state index in [0.717, 1.165) is 61.3 Å². The van der Waals surface area contributed by atoms with Gasteiger partial charge in [-0.1, -0.05) is 25.1 Å². The molecule has 7 rings (SSSR count). The van der Waals surface area contributed by atoms with Gasteiger partial charge in [-0.05, 0) is 74.4 Å². The molecular formula is C36H43F2N5O3S.